The Hall–Kier alpha value is -1.71. The van der Waals surface area contributed by atoms with E-state index >= 15 is 0 Å². The standard InChI is InChI=1S/C23H28O4/c1-11-9-13-15-5-6-18(25)22(15,3)8-7-16(13)23(4)17-10-14(17)20(26)21(19(11)23)27-12(2)24/h13-17H,1,5-10H2,2-4H3/t13-,14-,15-,16-,17?,22-,23-/m0/s1. The summed E-state index contributed by atoms with van der Waals surface area (Å²) in [5.41, 5.74) is 1.55. The summed E-state index contributed by atoms with van der Waals surface area (Å²) in [6.07, 6.45) is 5.37. The van der Waals surface area contributed by atoms with Gasteiger partial charge in [-0.25, -0.2) is 0 Å². The van der Waals surface area contributed by atoms with Crippen molar-refractivity contribution in [2.24, 2.45) is 40.4 Å². The largest absolute Gasteiger partial charge is 0.423 e. The van der Waals surface area contributed by atoms with Crippen molar-refractivity contribution in [3.05, 3.63) is 23.5 Å². The quantitative estimate of drug-likeness (QED) is 0.657. The van der Waals surface area contributed by atoms with Crippen LogP contribution < -0.4 is 0 Å². The van der Waals surface area contributed by atoms with E-state index in [1.54, 1.807) is 0 Å². The third-order valence-corrected chi connectivity index (χ3v) is 8.88. The number of allylic oxidation sites excluding steroid dienone is 2. The van der Waals surface area contributed by atoms with Gasteiger partial charge in [-0.2, -0.15) is 0 Å². The average molecular weight is 368 g/mol. The molecule has 5 aliphatic rings. The van der Waals surface area contributed by atoms with Gasteiger partial charge in [0.05, 0.1) is 0 Å². The zero-order valence-electron chi connectivity index (χ0n) is 16.5. The molecular formula is C23H28O4. The summed E-state index contributed by atoms with van der Waals surface area (Å²) in [5, 5.41) is 0. The predicted octanol–water partition coefficient (Wildman–Crippen LogP) is 4.00. The van der Waals surface area contributed by atoms with Gasteiger partial charge in [-0.1, -0.05) is 20.4 Å². The van der Waals surface area contributed by atoms with Gasteiger partial charge < -0.3 is 4.74 Å². The molecule has 5 rings (SSSR count). The maximum Gasteiger partial charge on any atom is 0.308 e. The SMILES string of the molecule is C=C1C[C@H]2[C@@H]3CCC(=O)[C@@]3(C)CC[C@@H]2[C@]2(C)C1=C(OC(C)=O)C(=O)[C@H]1CC12. The lowest BCUT2D eigenvalue weighted by molar-refractivity contribution is -0.142. The van der Waals surface area contributed by atoms with Gasteiger partial charge in [0, 0.05) is 35.7 Å². The summed E-state index contributed by atoms with van der Waals surface area (Å²) >= 11 is 0. The number of carbonyl (C=O) groups is 3. The van der Waals surface area contributed by atoms with Crippen molar-refractivity contribution in [3.63, 3.8) is 0 Å². The molecule has 0 N–H and O–H groups in total. The minimum atomic E-state index is -0.431. The van der Waals surface area contributed by atoms with Crippen LogP contribution in [0, 0.1) is 40.4 Å². The van der Waals surface area contributed by atoms with Crippen molar-refractivity contribution >= 4 is 17.5 Å². The molecule has 5 aliphatic carbocycles. The van der Waals surface area contributed by atoms with Crippen LogP contribution in [0.2, 0.25) is 0 Å². The molecule has 0 aromatic rings. The zero-order valence-corrected chi connectivity index (χ0v) is 16.5. The number of hydrogen-bond acceptors (Lipinski definition) is 4. The molecule has 4 heteroatoms. The minimum Gasteiger partial charge on any atom is -0.423 e. The molecule has 0 radical (unpaired) electrons. The molecule has 0 aromatic heterocycles. The van der Waals surface area contributed by atoms with Crippen molar-refractivity contribution < 1.29 is 19.1 Å². The van der Waals surface area contributed by atoms with Crippen LogP contribution in [-0.4, -0.2) is 17.5 Å². The molecule has 4 fully saturated rings. The van der Waals surface area contributed by atoms with Gasteiger partial charge in [0.25, 0.3) is 0 Å². The first kappa shape index (κ1) is 17.4. The van der Waals surface area contributed by atoms with E-state index in [9.17, 15) is 14.4 Å². The molecule has 0 saturated heterocycles. The van der Waals surface area contributed by atoms with E-state index in [0.29, 0.717) is 35.9 Å². The van der Waals surface area contributed by atoms with Gasteiger partial charge in [-0.3, -0.25) is 14.4 Å². The Morgan fingerprint density at radius 3 is 2.59 bits per heavy atom. The fraction of sp³-hybridized carbons (Fsp3) is 0.696. The number of ether oxygens (including phenoxy) is 1. The van der Waals surface area contributed by atoms with E-state index in [1.165, 1.54) is 6.92 Å². The Morgan fingerprint density at radius 1 is 1.15 bits per heavy atom. The van der Waals surface area contributed by atoms with Crippen molar-refractivity contribution in [1.29, 1.82) is 0 Å². The second kappa shape index (κ2) is 5.21. The van der Waals surface area contributed by atoms with E-state index in [4.69, 9.17) is 4.74 Å². The Balaban J connectivity index is 1.63. The van der Waals surface area contributed by atoms with Crippen molar-refractivity contribution in [3.8, 4) is 0 Å². The first-order chi connectivity index (χ1) is 12.7. The second-order valence-corrected chi connectivity index (χ2v) is 10.00. The fourth-order valence-electron chi connectivity index (χ4n) is 7.59. The first-order valence-electron chi connectivity index (χ1n) is 10.4. The summed E-state index contributed by atoms with van der Waals surface area (Å²) in [7, 11) is 0. The molecule has 0 spiro atoms. The molecule has 1 unspecified atom stereocenters. The summed E-state index contributed by atoms with van der Waals surface area (Å²) in [6.45, 7) is 10.2. The normalized spacial score (nSPS) is 47.8. The van der Waals surface area contributed by atoms with Crippen molar-refractivity contribution in [1.82, 2.24) is 0 Å². The van der Waals surface area contributed by atoms with Crippen LogP contribution in [0.3, 0.4) is 0 Å². The highest BCUT2D eigenvalue weighted by Crippen LogP contribution is 2.72. The molecular weight excluding hydrogens is 340 g/mol. The maximum atomic E-state index is 12.9. The Bertz CT molecular complexity index is 835. The van der Waals surface area contributed by atoms with Crippen LogP contribution in [0.1, 0.15) is 59.3 Å². The monoisotopic (exact) mass is 368 g/mol. The number of esters is 1. The highest BCUT2D eigenvalue weighted by Gasteiger charge is 2.68. The summed E-state index contributed by atoms with van der Waals surface area (Å²) in [6, 6.07) is 0. The third-order valence-electron chi connectivity index (χ3n) is 8.88. The van der Waals surface area contributed by atoms with Crippen molar-refractivity contribution in [2.75, 3.05) is 0 Å². The molecule has 27 heavy (non-hydrogen) atoms. The Labute approximate surface area is 160 Å². The van der Waals surface area contributed by atoms with E-state index in [-0.39, 0.29) is 28.3 Å². The number of carbonyl (C=O) groups excluding carboxylic acids is 3. The summed E-state index contributed by atoms with van der Waals surface area (Å²) < 4.78 is 5.49. The van der Waals surface area contributed by atoms with Gasteiger partial charge in [0.1, 0.15) is 5.78 Å². The van der Waals surface area contributed by atoms with Crippen LogP contribution in [-0.2, 0) is 19.1 Å². The van der Waals surface area contributed by atoms with E-state index in [2.05, 4.69) is 20.4 Å². The first-order valence-corrected chi connectivity index (χ1v) is 10.4. The molecule has 4 saturated carbocycles. The highest BCUT2D eigenvalue weighted by atomic mass is 16.5. The van der Waals surface area contributed by atoms with Gasteiger partial charge in [-0.15, -0.1) is 0 Å². The van der Waals surface area contributed by atoms with Crippen LogP contribution in [0.5, 0.6) is 0 Å². The molecule has 0 heterocycles. The lowest BCUT2D eigenvalue weighted by atomic mass is 9.46. The number of Topliss-reactive ketones (excluding diaryl/α,β-unsaturated/α-hetero) is 2. The van der Waals surface area contributed by atoms with Crippen LogP contribution in [0.25, 0.3) is 0 Å². The lowest BCUT2D eigenvalue weighted by Gasteiger charge is -2.57. The Kier molecular flexibility index (Phi) is 3.36. The van der Waals surface area contributed by atoms with Gasteiger partial charge in [0.2, 0.25) is 5.78 Å². The summed E-state index contributed by atoms with van der Waals surface area (Å²) in [4.78, 5) is 37.2. The average Bonchev–Trinajstić information content (AvgIpc) is 3.34. The van der Waals surface area contributed by atoms with Gasteiger partial charge >= 0.3 is 5.97 Å². The zero-order chi connectivity index (χ0) is 19.3. The number of hydrogen-bond donors (Lipinski definition) is 0. The van der Waals surface area contributed by atoms with Gasteiger partial charge in [0.15, 0.2) is 5.76 Å². The van der Waals surface area contributed by atoms with E-state index in [0.717, 1.165) is 43.3 Å². The molecule has 144 valence electrons. The van der Waals surface area contributed by atoms with Crippen molar-refractivity contribution in [2.45, 2.75) is 59.3 Å². The minimum absolute atomic E-state index is 0.000957. The second-order valence-electron chi connectivity index (χ2n) is 10.00. The molecule has 7 atom stereocenters. The topological polar surface area (TPSA) is 60.4 Å². The van der Waals surface area contributed by atoms with Crippen LogP contribution in [0.4, 0.5) is 0 Å². The summed E-state index contributed by atoms with van der Waals surface area (Å²) in [5.74, 6) is 1.93. The predicted molar refractivity (Wildman–Crippen MR) is 99.3 cm³/mol. The number of fused-ring (bicyclic) bond motifs is 7. The molecule has 0 bridgehead atoms. The fourth-order valence-corrected chi connectivity index (χ4v) is 7.59. The smallest absolute Gasteiger partial charge is 0.308 e. The highest BCUT2D eigenvalue weighted by molar-refractivity contribution is 6.02. The molecule has 4 nitrogen and oxygen atoms in total. The maximum absolute atomic E-state index is 12.9. The number of rotatable bonds is 1. The lowest BCUT2D eigenvalue weighted by Crippen LogP contribution is -2.52. The van der Waals surface area contributed by atoms with E-state index < -0.39 is 5.97 Å². The third kappa shape index (κ3) is 2.02. The van der Waals surface area contributed by atoms with Crippen LogP contribution >= 0.6 is 0 Å². The molecule has 0 aliphatic heterocycles. The van der Waals surface area contributed by atoms with E-state index in [1.807, 2.05) is 0 Å². The molecule has 0 aromatic carbocycles. The Morgan fingerprint density at radius 2 is 1.89 bits per heavy atom. The number of ketones is 2. The molecule has 0 amide bonds. The van der Waals surface area contributed by atoms with Gasteiger partial charge in [-0.05, 0) is 61.3 Å². The van der Waals surface area contributed by atoms with Crippen LogP contribution in [0.15, 0.2) is 23.5 Å².